The molecule has 32 heavy (non-hydrogen) atoms. The summed E-state index contributed by atoms with van der Waals surface area (Å²) in [5.74, 6) is 0. The van der Waals surface area contributed by atoms with Crippen LogP contribution in [0.25, 0.3) is 0 Å². The molecule has 0 amide bonds. The number of aliphatic hydroxyl groups excluding tert-OH is 6. The number of hydrogen-bond acceptors (Lipinski definition) is 10. The second kappa shape index (κ2) is 17.1. The SMILES string of the molecule is CCCCCCCCOCN[C@@H](CO[C@H]1OC(CO)[C@H](O)C(O)C1O)[C@H](O)[C@H](O)CCC. The molecule has 8 atom stereocenters. The lowest BCUT2D eigenvalue weighted by molar-refractivity contribution is -0.303. The monoisotopic (exact) mass is 467 g/mol. The molecule has 1 saturated heterocycles. The molecule has 10 nitrogen and oxygen atoms in total. The van der Waals surface area contributed by atoms with Crippen LogP contribution in [0.1, 0.15) is 65.2 Å². The minimum absolute atomic E-state index is 0.146. The van der Waals surface area contributed by atoms with Crippen LogP contribution in [0.4, 0.5) is 0 Å². The van der Waals surface area contributed by atoms with Crippen molar-refractivity contribution in [1.82, 2.24) is 5.32 Å². The van der Waals surface area contributed by atoms with Gasteiger partial charge in [0.1, 0.15) is 24.4 Å². The van der Waals surface area contributed by atoms with Crippen LogP contribution in [0.15, 0.2) is 0 Å². The highest BCUT2D eigenvalue weighted by Gasteiger charge is 2.44. The van der Waals surface area contributed by atoms with Crippen molar-refractivity contribution in [3.63, 3.8) is 0 Å². The summed E-state index contributed by atoms with van der Waals surface area (Å²) < 4.78 is 16.5. The molecular weight excluding hydrogens is 422 g/mol. The van der Waals surface area contributed by atoms with Crippen LogP contribution in [0.3, 0.4) is 0 Å². The Kier molecular flexibility index (Phi) is 15.8. The molecule has 1 rings (SSSR count). The number of hydrogen-bond donors (Lipinski definition) is 7. The van der Waals surface area contributed by atoms with Gasteiger partial charge in [-0.3, -0.25) is 5.32 Å². The third-order valence-corrected chi connectivity index (χ3v) is 5.77. The molecule has 1 heterocycles. The average Bonchev–Trinajstić information content (AvgIpc) is 2.79. The van der Waals surface area contributed by atoms with E-state index in [1.807, 2.05) is 6.92 Å². The summed E-state index contributed by atoms with van der Waals surface area (Å²) in [5.41, 5.74) is 0. The van der Waals surface area contributed by atoms with Crippen LogP contribution < -0.4 is 5.32 Å². The molecule has 10 heteroatoms. The summed E-state index contributed by atoms with van der Waals surface area (Å²) in [4.78, 5) is 0. The number of ether oxygens (including phenoxy) is 3. The lowest BCUT2D eigenvalue weighted by atomic mass is 9.99. The van der Waals surface area contributed by atoms with Crippen molar-refractivity contribution < 1.29 is 44.8 Å². The summed E-state index contributed by atoms with van der Waals surface area (Å²) in [7, 11) is 0. The zero-order valence-corrected chi connectivity index (χ0v) is 19.5. The fraction of sp³-hybridized carbons (Fsp3) is 1.00. The Morgan fingerprint density at radius 2 is 1.59 bits per heavy atom. The normalized spacial score (nSPS) is 29.1. The molecular formula is C22H45NO9. The van der Waals surface area contributed by atoms with E-state index in [4.69, 9.17) is 14.2 Å². The third kappa shape index (κ3) is 10.3. The molecule has 0 radical (unpaired) electrons. The van der Waals surface area contributed by atoms with Gasteiger partial charge in [-0.05, 0) is 12.8 Å². The zero-order chi connectivity index (χ0) is 23.9. The smallest absolute Gasteiger partial charge is 0.186 e. The van der Waals surface area contributed by atoms with E-state index in [1.54, 1.807) is 0 Å². The van der Waals surface area contributed by atoms with Gasteiger partial charge in [0.05, 0.1) is 38.2 Å². The van der Waals surface area contributed by atoms with E-state index < -0.39 is 55.6 Å². The van der Waals surface area contributed by atoms with Crippen molar-refractivity contribution in [2.75, 3.05) is 26.6 Å². The zero-order valence-electron chi connectivity index (χ0n) is 19.5. The first-order valence-corrected chi connectivity index (χ1v) is 12.0. The van der Waals surface area contributed by atoms with Crippen LogP contribution in [-0.2, 0) is 14.2 Å². The molecule has 3 unspecified atom stereocenters. The highest BCUT2D eigenvalue weighted by Crippen LogP contribution is 2.22. The minimum Gasteiger partial charge on any atom is -0.394 e. The van der Waals surface area contributed by atoms with Crippen molar-refractivity contribution in [1.29, 1.82) is 0 Å². The van der Waals surface area contributed by atoms with Crippen LogP contribution in [0, 0.1) is 0 Å². The summed E-state index contributed by atoms with van der Waals surface area (Å²) in [6, 6.07) is -0.728. The molecule has 0 aromatic rings. The van der Waals surface area contributed by atoms with Gasteiger partial charge in [-0.15, -0.1) is 0 Å². The summed E-state index contributed by atoms with van der Waals surface area (Å²) in [6.45, 7) is 4.08. The van der Waals surface area contributed by atoms with E-state index >= 15 is 0 Å². The minimum atomic E-state index is -1.55. The molecule has 0 aromatic heterocycles. The van der Waals surface area contributed by atoms with Gasteiger partial charge in [-0.2, -0.15) is 0 Å². The lowest BCUT2D eigenvalue weighted by Gasteiger charge is -2.40. The average molecular weight is 468 g/mol. The van der Waals surface area contributed by atoms with E-state index in [1.165, 1.54) is 25.7 Å². The number of nitrogens with one attached hydrogen (secondary N) is 1. The molecule has 0 spiro atoms. The fourth-order valence-electron chi connectivity index (χ4n) is 3.64. The van der Waals surface area contributed by atoms with Gasteiger partial charge in [0.2, 0.25) is 0 Å². The lowest BCUT2D eigenvalue weighted by Crippen LogP contribution is -2.60. The Bertz CT molecular complexity index is 457. The highest BCUT2D eigenvalue weighted by atomic mass is 16.7. The standard InChI is InChI=1S/C22H45NO9/c1-3-5-6-7-8-9-11-30-14-23-15(18(26)16(25)10-4-2)13-31-22-21(29)20(28)19(27)17(12-24)32-22/h15-29H,3-14H2,1-2H3/t15-,16+,17?,18-,19-,20?,21?,22-/m0/s1. The third-order valence-electron chi connectivity index (χ3n) is 5.77. The van der Waals surface area contributed by atoms with E-state index in [9.17, 15) is 30.6 Å². The maximum atomic E-state index is 10.5. The van der Waals surface area contributed by atoms with Crippen LogP contribution in [-0.4, -0.2) is 106 Å². The quantitative estimate of drug-likeness (QED) is 0.104. The van der Waals surface area contributed by atoms with Gasteiger partial charge in [0, 0.05) is 6.61 Å². The van der Waals surface area contributed by atoms with Gasteiger partial charge in [-0.1, -0.05) is 52.4 Å². The Morgan fingerprint density at radius 1 is 0.906 bits per heavy atom. The highest BCUT2D eigenvalue weighted by molar-refractivity contribution is 4.89. The Morgan fingerprint density at radius 3 is 2.25 bits per heavy atom. The predicted octanol–water partition coefficient (Wildman–Crippen LogP) is -0.382. The second-order valence-corrected chi connectivity index (χ2v) is 8.51. The van der Waals surface area contributed by atoms with Crippen molar-refractivity contribution in [2.45, 2.75) is 114 Å². The molecule has 1 fully saturated rings. The van der Waals surface area contributed by atoms with Crippen molar-refractivity contribution in [3.05, 3.63) is 0 Å². The number of unbranched alkanes of at least 4 members (excludes halogenated alkanes) is 5. The van der Waals surface area contributed by atoms with E-state index in [2.05, 4.69) is 12.2 Å². The first kappa shape index (κ1) is 29.6. The first-order valence-electron chi connectivity index (χ1n) is 12.0. The largest absolute Gasteiger partial charge is 0.394 e. The molecule has 7 N–H and O–H groups in total. The summed E-state index contributed by atoms with van der Waals surface area (Å²) in [5, 5.41) is 62.9. The summed E-state index contributed by atoms with van der Waals surface area (Å²) >= 11 is 0. The van der Waals surface area contributed by atoms with Crippen LogP contribution in [0.2, 0.25) is 0 Å². The Labute approximate surface area is 191 Å². The van der Waals surface area contributed by atoms with Crippen molar-refractivity contribution >= 4 is 0 Å². The number of rotatable bonds is 18. The molecule has 192 valence electrons. The first-order chi connectivity index (χ1) is 15.4. The maximum absolute atomic E-state index is 10.5. The van der Waals surface area contributed by atoms with Gasteiger partial charge in [0.25, 0.3) is 0 Å². The molecule has 1 aliphatic heterocycles. The molecule has 0 aliphatic carbocycles. The van der Waals surface area contributed by atoms with Gasteiger partial charge in [0.15, 0.2) is 6.29 Å². The van der Waals surface area contributed by atoms with Crippen molar-refractivity contribution in [3.8, 4) is 0 Å². The van der Waals surface area contributed by atoms with Gasteiger partial charge >= 0.3 is 0 Å². The van der Waals surface area contributed by atoms with E-state index in [-0.39, 0.29) is 13.3 Å². The molecule has 0 aromatic carbocycles. The Balaban J connectivity index is 2.51. The maximum Gasteiger partial charge on any atom is 0.186 e. The fourth-order valence-corrected chi connectivity index (χ4v) is 3.64. The van der Waals surface area contributed by atoms with Crippen LogP contribution in [0.5, 0.6) is 0 Å². The molecule has 1 aliphatic rings. The van der Waals surface area contributed by atoms with E-state index in [0.29, 0.717) is 19.4 Å². The number of aliphatic hydroxyl groups is 6. The molecule has 0 bridgehead atoms. The molecule has 0 saturated carbocycles. The van der Waals surface area contributed by atoms with Crippen LogP contribution >= 0.6 is 0 Å². The van der Waals surface area contributed by atoms with Gasteiger partial charge < -0.3 is 44.8 Å². The van der Waals surface area contributed by atoms with E-state index in [0.717, 1.165) is 12.8 Å². The van der Waals surface area contributed by atoms with Gasteiger partial charge in [-0.25, -0.2) is 0 Å². The summed E-state index contributed by atoms with van der Waals surface area (Å²) in [6.07, 6.45) is -1.08. The topological polar surface area (TPSA) is 161 Å². The second-order valence-electron chi connectivity index (χ2n) is 8.51. The predicted molar refractivity (Wildman–Crippen MR) is 118 cm³/mol. The van der Waals surface area contributed by atoms with Crippen molar-refractivity contribution in [2.24, 2.45) is 0 Å². The Hall–Kier alpha value is -0.400.